The molecule has 0 spiro atoms. The Morgan fingerprint density at radius 2 is 0.675 bits per heavy atom. The Kier molecular flexibility index (Phi) is 9.02. The molecule has 6 nitrogen and oxygen atoms in total. The van der Waals surface area contributed by atoms with Crippen molar-refractivity contribution in [3.63, 3.8) is 0 Å². The molecule has 0 saturated carbocycles. The minimum atomic E-state index is 0.259. The predicted molar refractivity (Wildman–Crippen MR) is 350 cm³/mol. The SMILES string of the molecule is N#Cc1c(C#N)c(-n2c3ccccc3c3c4sc5ccccc5c4ccc32)c(-n2c3ccccc3c3c4sc5ccccc5c4ccc32)c(-c2cccc3c2oc2ccccc23)c1-n1c2ccccc2c2c3sc4ccccc4c3ccc21. The molecule has 19 aromatic rings. The third-order valence-electron chi connectivity index (χ3n) is 17.5. The molecule has 0 saturated heterocycles. The molecule has 7 aromatic heterocycles. The van der Waals surface area contributed by atoms with Gasteiger partial charge >= 0.3 is 0 Å². The van der Waals surface area contributed by atoms with Crippen molar-refractivity contribution >= 4 is 182 Å². The lowest BCUT2D eigenvalue weighted by Gasteiger charge is -2.27. The molecule has 382 valence electrons. The van der Waals surface area contributed by atoms with Crippen molar-refractivity contribution in [1.82, 2.24) is 13.7 Å². The highest BCUT2D eigenvalue weighted by molar-refractivity contribution is 7.27. The Balaban J connectivity index is 1.11. The second-order valence-corrected chi connectivity index (χ2v) is 24.7. The quantitative estimate of drug-likeness (QED) is 0.176. The molecule has 0 amide bonds. The second kappa shape index (κ2) is 16.5. The van der Waals surface area contributed by atoms with E-state index in [1.807, 2.05) is 23.5 Å². The minimum absolute atomic E-state index is 0.259. The van der Waals surface area contributed by atoms with Crippen molar-refractivity contribution in [1.29, 1.82) is 10.5 Å². The molecule has 12 aromatic carbocycles. The summed E-state index contributed by atoms with van der Waals surface area (Å²) in [7, 11) is 0. The maximum atomic E-state index is 12.6. The van der Waals surface area contributed by atoms with E-state index in [0.29, 0.717) is 17.0 Å². The first kappa shape index (κ1) is 45.2. The van der Waals surface area contributed by atoms with Crippen molar-refractivity contribution in [3.05, 3.63) is 236 Å². The van der Waals surface area contributed by atoms with Crippen LogP contribution in [0.15, 0.2) is 229 Å². The molecule has 0 radical (unpaired) electrons. The Bertz CT molecular complexity index is 6240. The standard InChI is InChI=1S/C74H37N5OS3/c75-38-52-53(39-76)69(78-55-26-9-2-21-49(55)65-58(78)36-33-46-42-18-6-13-30-62(42)82-73(46)65)70(79-56-27-10-3-22-50(56)66-59(79)37-34-47-43-19-7-14-31-63(43)83-74(47)66)67(51-24-15-23-44-40-16-4-11-28-60(40)80-71(44)51)68(52)77-54-25-8-1-20-48(54)64-57(77)35-32-45-41-17-5-12-29-61(41)81-72(45)64/h1-37H. The van der Waals surface area contributed by atoms with E-state index in [4.69, 9.17) is 4.42 Å². The summed E-state index contributed by atoms with van der Waals surface area (Å²) in [5.41, 5.74) is 11.1. The van der Waals surface area contributed by atoms with Gasteiger partial charge < -0.3 is 18.1 Å². The molecular formula is C74H37N5OS3. The molecule has 0 bridgehead atoms. The van der Waals surface area contributed by atoms with Crippen molar-refractivity contribution in [3.8, 4) is 40.3 Å². The van der Waals surface area contributed by atoms with Crippen molar-refractivity contribution in [2.45, 2.75) is 0 Å². The van der Waals surface area contributed by atoms with Crippen molar-refractivity contribution < 1.29 is 4.42 Å². The summed E-state index contributed by atoms with van der Waals surface area (Å²) in [5, 5.41) is 40.7. The average molecular weight is 1110 g/mol. The second-order valence-electron chi connectivity index (χ2n) is 21.5. The van der Waals surface area contributed by atoms with E-state index >= 15 is 0 Å². The highest BCUT2D eigenvalue weighted by Gasteiger charge is 2.35. The van der Waals surface area contributed by atoms with Crippen LogP contribution in [0.1, 0.15) is 11.1 Å². The molecule has 0 aliphatic carbocycles. The Morgan fingerprint density at radius 3 is 1.14 bits per heavy atom. The Morgan fingerprint density at radius 1 is 0.301 bits per heavy atom. The molecule has 9 heteroatoms. The Labute approximate surface area is 483 Å². The molecule has 0 unspecified atom stereocenters. The van der Waals surface area contributed by atoms with Gasteiger partial charge in [0.05, 0.1) is 61.3 Å². The number of para-hydroxylation sites is 5. The van der Waals surface area contributed by atoms with Crippen LogP contribution in [0.4, 0.5) is 0 Å². The molecule has 0 fully saturated rings. The lowest BCUT2D eigenvalue weighted by Crippen LogP contribution is -2.14. The summed E-state index contributed by atoms with van der Waals surface area (Å²) < 4.78 is 21.4. The van der Waals surface area contributed by atoms with E-state index in [-0.39, 0.29) is 11.1 Å². The first-order valence-corrected chi connectivity index (χ1v) is 30.1. The van der Waals surface area contributed by atoms with Gasteiger partial charge in [-0.25, -0.2) is 0 Å². The van der Waals surface area contributed by atoms with E-state index in [1.54, 1.807) is 22.7 Å². The molecule has 0 aliphatic rings. The van der Waals surface area contributed by atoms with Crippen LogP contribution in [0.25, 0.3) is 176 Å². The maximum Gasteiger partial charge on any atom is 0.143 e. The van der Waals surface area contributed by atoms with Gasteiger partial charge in [-0.05, 0) is 60.7 Å². The normalized spacial score (nSPS) is 12.3. The zero-order valence-corrected chi connectivity index (χ0v) is 46.2. The van der Waals surface area contributed by atoms with Crippen LogP contribution in [-0.2, 0) is 0 Å². The minimum Gasteiger partial charge on any atom is -0.455 e. The topological polar surface area (TPSA) is 75.5 Å². The first-order chi connectivity index (χ1) is 41.1. The number of benzene rings is 12. The number of aromatic nitrogens is 3. The number of hydrogen-bond acceptors (Lipinski definition) is 6. The average Bonchev–Trinajstić information content (AvgIpc) is 2.28. The van der Waals surface area contributed by atoms with Gasteiger partial charge in [-0.3, -0.25) is 0 Å². The number of furan rings is 1. The van der Waals surface area contributed by atoms with Gasteiger partial charge in [-0.15, -0.1) is 34.0 Å². The molecule has 0 N–H and O–H groups in total. The van der Waals surface area contributed by atoms with Gasteiger partial charge in [0.15, 0.2) is 0 Å². The van der Waals surface area contributed by atoms with E-state index in [1.165, 1.54) is 60.5 Å². The number of thiophene rings is 3. The van der Waals surface area contributed by atoms with Gasteiger partial charge in [0.25, 0.3) is 0 Å². The number of fused-ring (bicyclic) bond motifs is 24. The summed E-state index contributed by atoms with van der Waals surface area (Å²) in [6.45, 7) is 0. The predicted octanol–water partition coefficient (Wildman–Crippen LogP) is 21.4. The van der Waals surface area contributed by atoms with Gasteiger partial charge in [0.2, 0.25) is 0 Å². The van der Waals surface area contributed by atoms with Crippen LogP contribution in [0, 0.1) is 22.7 Å². The summed E-state index contributed by atoms with van der Waals surface area (Å²) in [6, 6.07) is 85.7. The Hall–Kier alpha value is -10.5. The van der Waals surface area contributed by atoms with Gasteiger partial charge in [0.1, 0.15) is 23.3 Å². The van der Waals surface area contributed by atoms with Gasteiger partial charge in [0, 0.05) is 115 Å². The summed E-state index contributed by atoms with van der Waals surface area (Å²) in [6.07, 6.45) is 0. The van der Waals surface area contributed by atoms with E-state index in [0.717, 1.165) is 98.6 Å². The van der Waals surface area contributed by atoms with Crippen molar-refractivity contribution in [2.24, 2.45) is 0 Å². The lowest BCUT2D eigenvalue weighted by molar-refractivity contribution is 0.670. The van der Waals surface area contributed by atoms with Crippen LogP contribution in [0.5, 0.6) is 0 Å². The smallest absolute Gasteiger partial charge is 0.143 e. The summed E-state index contributed by atoms with van der Waals surface area (Å²) >= 11 is 5.41. The fourth-order valence-corrected chi connectivity index (χ4v) is 18.0. The molecule has 7 heterocycles. The first-order valence-electron chi connectivity index (χ1n) is 27.6. The molecule has 83 heavy (non-hydrogen) atoms. The van der Waals surface area contributed by atoms with Crippen LogP contribution in [-0.4, -0.2) is 13.7 Å². The molecule has 19 rings (SSSR count). The lowest BCUT2D eigenvalue weighted by atomic mass is 9.90. The highest BCUT2D eigenvalue weighted by Crippen LogP contribution is 2.54. The fourth-order valence-electron chi connectivity index (χ4n) is 14.2. The monoisotopic (exact) mass is 1110 g/mol. The zero-order chi connectivity index (χ0) is 54.3. The van der Waals surface area contributed by atoms with E-state index in [2.05, 4.69) is 238 Å². The van der Waals surface area contributed by atoms with Crippen LogP contribution >= 0.6 is 34.0 Å². The highest BCUT2D eigenvalue weighted by atomic mass is 32.1. The van der Waals surface area contributed by atoms with Crippen LogP contribution < -0.4 is 0 Å². The number of nitriles is 2. The third-order valence-corrected chi connectivity index (χ3v) is 21.1. The summed E-state index contributed by atoms with van der Waals surface area (Å²) in [4.78, 5) is 0. The maximum absolute atomic E-state index is 12.6. The number of hydrogen-bond donors (Lipinski definition) is 0. The summed E-state index contributed by atoms with van der Waals surface area (Å²) in [5.74, 6) is 0. The van der Waals surface area contributed by atoms with Gasteiger partial charge in [-0.2, -0.15) is 10.5 Å². The number of nitrogens with zero attached hydrogens (tertiary/aromatic N) is 5. The molecule has 0 aliphatic heterocycles. The van der Waals surface area contributed by atoms with E-state index < -0.39 is 0 Å². The van der Waals surface area contributed by atoms with E-state index in [9.17, 15) is 10.5 Å². The van der Waals surface area contributed by atoms with Crippen LogP contribution in [0.2, 0.25) is 0 Å². The largest absolute Gasteiger partial charge is 0.455 e. The van der Waals surface area contributed by atoms with Gasteiger partial charge in [-0.1, -0.05) is 164 Å². The molecular weight excluding hydrogens is 1070 g/mol. The number of rotatable bonds is 4. The van der Waals surface area contributed by atoms with Crippen molar-refractivity contribution in [2.75, 3.05) is 0 Å². The van der Waals surface area contributed by atoms with Crippen LogP contribution in [0.3, 0.4) is 0 Å². The fraction of sp³-hybridized carbons (Fsp3) is 0. The molecule has 0 atom stereocenters. The zero-order valence-electron chi connectivity index (χ0n) is 43.7. The third kappa shape index (κ3) is 5.82.